The molecule has 0 radical (unpaired) electrons. The van der Waals surface area contributed by atoms with E-state index in [-0.39, 0.29) is 0 Å². The first-order valence-electron chi connectivity index (χ1n) is 6.62. The summed E-state index contributed by atoms with van der Waals surface area (Å²) in [6, 6.07) is -2.00. The number of carbonyl (C=O) groups excluding carboxylic acids is 3. The fourth-order valence-corrected chi connectivity index (χ4v) is 1.28. The lowest BCUT2D eigenvalue weighted by atomic mass is 9.88. The lowest BCUT2D eigenvalue weighted by Crippen LogP contribution is -2.52. The number of hydrogen-bond donors (Lipinski definition) is 2. The summed E-state index contributed by atoms with van der Waals surface area (Å²) in [7, 11) is 0. The molecule has 0 spiro atoms. The van der Waals surface area contributed by atoms with E-state index in [0.29, 0.717) is 6.29 Å². The van der Waals surface area contributed by atoms with Gasteiger partial charge >= 0.3 is 12.0 Å². The van der Waals surface area contributed by atoms with Gasteiger partial charge in [-0.25, -0.2) is 9.59 Å². The predicted molar refractivity (Wildman–Crippen MR) is 76.3 cm³/mol. The summed E-state index contributed by atoms with van der Waals surface area (Å²) < 4.78 is 5.15. The van der Waals surface area contributed by atoms with Gasteiger partial charge in [0.25, 0.3) is 0 Å². The molecule has 6 heteroatoms. The summed E-state index contributed by atoms with van der Waals surface area (Å²) in [5.74, 6) is -0.522. The van der Waals surface area contributed by atoms with Gasteiger partial charge in [0.15, 0.2) is 0 Å². The lowest BCUT2D eigenvalue weighted by molar-refractivity contribution is -0.156. The van der Waals surface area contributed by atoms with Crippen LogP contribution in [0.2, 0.25) is 0 Å². The summed E-state index contributed by atoms with van der Waals surface area (Å²) in [6.45, 7) is 12.3. The van der Waals surface area contributed by atoms with Crippen molar-refractivity contribution in [1.29, 1.82) is 0 Å². The van der Waals surface area contributed by atoms with E-state index in [1.54, 1.807) is 20.8 Å². The van der Waals surface area contributed by atoms with Crippen molar-refractivity contribution >= 4 is 18.3 Å². The molecule has 0 aromatic heterocycles. The molecule has 0 aromatic rings. The standard InChI is InChI=1S/C14H26N2O4/c1-9(11(18)20-14(5,6)7)15-12(19)16-10(8-17)13(2,3)4/h8-10H,1-7H3,(H2,15,16,19). The molecule has 0 aliphatic carbocycles. The van der Waals surface area contributed by atoms with Crippen LogP contribution < -0.4 is 10.6 Å². The molecule has 20 heavy (non-hydrogen) atoms. The highest BCUT2D eigenvalue weighted by Gasteiger charge is 2.28. The third kappa shape index (κ3) is 7.11. The molecule has 6 nitrogen and oxygen atoms in total. The Morgan fingerprint density at radius 3 is 1.90 bits per heavy atom. The van der Waals surface area contributed by atoms with Crippen LogP contribution in [0.3, 0.4) is 0 Å². The summed E-state index contributed by atoms with van der Waals surface area (Å²) >= 11 is 0. The molecular formula is C14H26N2O4. The molecular weight excluding hydrogens is 260 g/mol. The predicted octanol–water partition coefficient (Wildman–Crippen LogP) is 1.63. The second-order valence-electron chi connectivity index (χ2n) is 6.85. The highest BCUT2D eigenvalue weighted by Crippen LogP contribution is 2.17. The Labute approximate surface area is 120 Å². The minimum atomic E-state index is -0.790. The first kappa shape index (κ1) is 18.4. The molecule has 2 amide bonds. The lowest BCUT2D eigenvalue weighted by Gasteiger charge is -2.27. The number of ether oxygens (including phenoxy) is 1. The van der Waals surface area contributed by atoms with Crippen LogP contribution in [0.1, 0.15) is 48.5 Å². The topological polar surface area (TPSA) is 84.5 Å². The van der Waals surface area contributed by atoms with Crippen LogP contribution in [0.4, 0.5) is 4.79 Å². The monoisotopic (exact) mass is 286 g/mol. The molecule has 2 N–H and O–H groups in total. The number of carbonyl (C=O) groups is 3. The van der Waals surface area contributed by atoms with E-state index >= 15 is 0 Å². The van der Waals surface area contributed by atoms with Crippen molar-refractivity contribution in [2.75, 3.05) is 0 Å². The molecule has 0 saturated carbocycles. The minimum absolute atomic E-state index is 0.395. The van der Waals surface area contributed by atoms with Crippen LogP contribution in [0.5, 0.6) is 0 Å². The molecule has 0 aliphatic rings. The Morgan fingerprint density at radius 2 is 1.55 bits per heavy atom. The van der Waals surface area contributed by atoms with Crippen LogP contribution >= 0.6 is 0 Å². The number of rotatable bonds is 4. The van der Waals surface area contributed by atoms with Crippen molar-refractivity contribution in [1.82, 2.24) is 10.6 Å². The zero-order valence-electron chi connectivity index (χ0n) is 13.4. The summed E-state index contributed by atoms with van der Waals surface area (Å²) in [6.07, 6.45) is 0.678. The van der Waals surface area contributed by atoms with E-state index in [9.17, 15) is 14.4 Å². The largest absolute Gasteiger partial charge is 0.458 e. The van der Waals surface area contributed by atoms with Gasteiger partial charge in [0.1, 0.15) is 17.9 Å². The summed E-state index contributed by atoms with van der Waals surface area (Å²) in [5.41, 5.74) is -1.01. The highest BCUT2D eigenvalue weighted by atomic mass is 16.6. The minimum Gasteiger partial charge on any atom is -0.458 e. The van der Waals surface area contributed by atoms with Gasteiger partial charge in [0, 0.05) is 0 Å². The van der Waals surface area contributed by atoms with E-state index in [4.69, 9.17) is 4.74 Å². The average molecular weight is 286 g/mol. The first-order valence-corrected chi connectivity index (χ1v) is 6.62. The molecule has 0 aromatic carbocycles. The third-order valence-corrected chi connectivity index (χ3v) is 2.46. The quantitative estimate of drug-likeness (QED) is 0.607. The number of urea groups is 1. The second kappa shape index (κ2) is 6.72. The number of esters is 1. The molecule has 0 saturated heterocycles. The van der Waals surface area contributed by atoms with Crippen LogP contribution in [0.25, 0.3) is 0 Å². The fourth-order valence-electron chi connectivity index (χ4n) is 1.28. The van der Waals surface area contributed by atoms with Gasteiger partial charge in [-0.05, 0) is 33.1 Å². The molecule has 0 bridgehead atoms. The number of nitrogens with one attached hydrogen (secondary N) is 2. The van der Waals surface area contributed by atoms with Crippen LogP contribution in [-0.2, 0) is 14.3 Å². The molecule has 0 rings (SSSR count). The van der Waals surface area contributed by atoms with Crippen molar-refractivity contribution in [3.63, 3.8) is 0 Å². The zero-order valence-corrected chi connectivity index (χ0v) is 13.4. The van der Waals surface area contributed by atoms with E-state index < -0.39 is 35.1 Å². The van der Waals surface area contributed by atoms with Gasteiger partial charge in [0.05, 0.1) is 6.04 Å². The SMILES string of the molecule is CC(NC(=O)NC(C=O)C(C)(C)C)C(=O)OC(C)(C)C. The van der Waals surface area contributed by atoms with Crippen molar-refractivity contribution < 1.29 is 19.1 Å². The van der Waals surface area contributed by atoms with Gasteiger partial charge < -0.3 is 20.2 Å². The zero-order chi connectivity index (χ0) is 16.1. The first-order chi connectivity index (χ1) is 8.86. The smallest absolute Gasteiger partial charge is 0.328 e. The van der Waals surface area contributed by atoms with Crippen LogP contribution in [-0.4, -0.2) is 36.0 Å². The number of amides is 2. The van der Waals surface area contributed by atoms with Crippen molar-refractivity contribution in [2.24, 2.45) is 5.41 Å². The second-order valence-corrected chi connectivity index (χ2v) is 6.85. The maximum Gasteiger partial charge on any atom is 0.328 e. The van der Waals surface area contributed by atoms with Crippen LogP contribution in [0.15, 0.2) is 0 Å². The summed E-state index contributed by atoms with van der Waals surface area (Å²) in [4.78, 5) is 34.4. The van der Waals surface area contributed by atoms with Crippen LogP contribution in [0, 0.1) is 5.41 Å². The molecule has 2 unspecified atom stereocenters. The molecule has 0 heterocycles. The van der Waals surface area contributed by atoms with E-state index in [0.717, 1.165) is 0 Å². The van der Waals surface area contributed by atoms with Gasteiger partial charge in [0.2, 0.25) is 0 Å². The Morgan fingerprint density at radius 1 is 1.05 bits per heavy atom. The van der Waals surface area contributed by atoms with Gasteiger partial charge in [-0.15, -0.1) is 0 Å². The third-order valence-electron chi connectivity index (χ3n) is 2.46. The van der Waals surface area contributed by atoms with E-state index in [2.05, 4.69) is 10.6 Å². The maximum absolute atomic E-state index is 11.8. The Kier molecular flexibility index (Phi) is 6.19. The normalized spacial score (nSPS) is 14.9. The van der Waals surface area contributed by atoms with Gasteiger partial charge in [-0.1, -0.05) is 20.8 Å². The molecule has 0 aliphatic heterocycles. The average Bonchev–Trinajstić information content (AvgIpc) is 2.21. The maximum atomic E-state index is 11.8. The van der Waals surface area contributed by atoms with Gasteiger partial charge in [-0.3, -0.25) is 0 Å². The Hall–Kier alpha value is -1.59. The van der Waals surface area contributed by atoms with E-state index in [1.807, 2.05) is 20.8 Å². The van der Waals surface area contributed by atoms with E-state index in [1.165, 1.54) is 6.92 Å². The highest BCUT2D eigenvalue weighted by molar-refractivity contribution is 5.84. The summed E-state index contributed by atoms with van der Waals surface area (Å²) in [5, 5.41) is 4.99. The van der Waals surface area contributed by atoms with Gasteiger partial charge in [-0.2, -0.15) is 0 Å². The Bertz CT molecular complexity index is 366. The Balaban J connectivity index is 4.47. The van der Waals surface area contributed by atoms with Crippen molar-refractivity contribution in [3.8, 4) is 0 Å². The van der Waals surface area contributed by atoms with Crippen molar-refractivity contribution in [3.05, 3.63) is 0 Å². The van der Waals surface area contributed by atoms with Crippen molar-refractivity contribution in [2.45, 2.75) is 66.2 Å². The molecule has 116 valence electrons. The molecule has 2 atom stereocenters. The fraction of sp³-hybridized carbons (Fsp3) is 0.786. The number of hydrogen-bond acceptors (Lipinski definition) is 4. The molecule has 0 fully saturated rings. The number of aldehydes is 1.